The van der Waals surface area contributed by atoms with Crippen LogP contribution in [0.1, 0.15) is 17.3 Å². The van der Waals surface area contributed by atoms with Crippen LogP contribution in [0.5, 0.6) is 0 Å². The number of benzene rings is 2. The number of aromatic nitrogens is 4. The Balaban J connectivity index is 1.69. The van der Waals surface area contributed by atoms with Gasteiger partial charge in [-0.1, -0.05) is 35.9 Å². The lowest BCUT2D eigenvalue weighted by Crippen LogP contribution is -2.20. The molecule has 0 aliphatic carbocycles. The van der Waals surface area contributed by atoms with Crippen molar-refractivity contribution in [2.75, 3.05) is 5.32 Å². The van der Waals surface area contributed by atoms with Gasteiger partial charge in [0, 0.05) is 16.8 Å². The van der Waals surface area contributed by atoms with Gasteiger partial charge in [-0.25, -0.2) is 0 Å². The number of anilines is 1. The molecule has 0 saturated carbocycles. The summed E-state index contributed by atoms with van der Waals surface area (Å²) in [7, 11) is 0. The second kappa shape index (κ2) is 7.23. The van der Waals surface area contributed by atoms with Gasteiger partial charge in [0.25, 0.3) is 0 Å². The Hall–Kier alpha value is -3.06. The maximum atomic E-state index is 12.1. The summed E-state index contributed by atoms with van der Waals surface area (Å²) in [5, 5.41) is 15.2. The van der Waals surface area contributed by atoms with E-state index in [0.717, 1.165) is 0 Å². The molecule has 0 atom stereocenters. The van der Waals surface area contributed by atoms with Crippen LogP contribution in [0.15, 0.2) is 48.5 Å². The van der Waals surface area contributed by atoms with Gasteiger partial charge < -0.3 is 5.32 Å². The van der Waals surface area contributed by atoms with Gasteiger partial charge in [0.15, 0.2) is 5.78 Å². The van der Waals surface area contributed by atoms with E-state index < -0.39 is 0 Å². The van der Waals surface area contributed by atoms with Gasteiger partial charge in [-0.2, -0.15) is 4.80 Å². The molecule has 0 fully saturated rings. The van der Waals surface area contributed by atoms with E-state index >= 15 is 0 Å². The number of amides is 1. The van der Waals surface area contributed by atoms with Gasteiger partial charge in [0.1, 0.15) is 6.54 Å². The summed E-state index contributed by atoms with van der Waals surface area (Å²) in [5.41, 5.74) is 1.70. The zero-order valence-corrected chi connectivity index (χ0v) is 14.1. The summed E-state index contributed by atoms with van der Waals surface area (Å²) >= 11 is 6.10. The monoisotopic (exact) mass is 355 g/mol. The molecular formula is C17H14ClN5O2. The number of Topliss-reactive ketones (excluding diaryl/α,β-unsaturated/α-hetero) is 1. The fourth-order valence-electron chi connectivity index (χ4n) is 2.21. The van der Waals surface area contributed by atoms with Gasteiger partial charge in [0.2, 0.25) is 11.7 Å². The van der Waals surface area contributed by atoms with E-state index in [9.17, 15) is 9.59 Å². The van der Waals surface area contributed by atoms with Gasteiger partial charge in [-0.15, -0.1) is 10.2 Å². The van der Waals surface area contributed by atoms with Crippen molar-refractivity contribution in [3.05, 3.63) is 59.1 Å². The van der Waals surface area contributed by atoms with Crippen LogP contribution in [0.25, 0.3) is 11.4 Å². The molecule has 8 heteroatoms. The van der Waals surface area contributed by atoms with E-state index in [1.54, 1.807) is 42.5 Å². The first-order valence-corrected chi connectivity index (χ1v) is 7.84. The molecule has 0 spiro atoms. The molecule has 1 aromatic heterocycles. The van der Waals surface area contributed by atoms with E-state index in [1.807, 2.05) is 6.07 Å². The second-order valence-corrected chi connectivity index (χ2v) is 5.72. The molecule has 7 nitrogen and oxygen atoms in total. The van der Waals surface area contributed by atoms with Crippen LogP contribution in [-0.4, -0.2) is 31.9 Å². The smallest absolute Gasteiger partial charge is 0.248 e. The maximum Gasteiger partial charge on any atom is 0.248 e. The highest BCUT2D eigenvalue weighted by atomic mass is 35.5. The minimum absolute atomic E-state index is 0.0709. The second-order valence-electron chi connectivity index (χ2n) is 5.31. The predicted molar refractivity (Wildman–Crippen MR) is 93.3 cm³/mol. The zero-order valence-electron chi connectivity index (χ0n) is 13.3. The number of carbonyl (C=O) groups excluding carboxylic acids is 2. The summed E-state index contributed by atoms with van der Waals surface area (Å²) in [4.78, 5) is 24.7. The number of nitrogens with one attached hydrogen (secondary N) is 1. The average molecular weight is 356 g/mol. The Morgan fingerprint density at radius 2 is 1.96 bits per heavy atom. The highest BCUT2D eigenvalue weighted by molar-refractivity contribution is 6.33. The first kappa shape index (κ1) is 16.8. The molecule has 3 aromatic rings. The van der Waals surface area contributed by atoms with E-state index in [-0.39, 0.29) is 18.2 Å². The number of ketones is 1. The Morgan fingerprint density at radius 3 is 2.72 bits per heavy atom. The van der Waals surface area contributed by atoms with Crippen LogP contribution in [0.4, 0.5) is 5.69 Å². The van der Waals surface area contributed by atoms with Crippen molar-refractivity contribution in [3.8, 4) is 11.4 Å². The van der Waals surface area contributed by atoms with Crippen molar-refractivity contribution in [3.63, 3.8) is 0 Å². The number of hydrogen-bond acceptors (Lipinski definition) is 5. The van der Waals surface area contributed by atoms with Crippen molar-refractivity contribution in [1.29, 1.82) is 0 Å². The molecule has 25 heavy (non-hydrogen) atoms. The third-order valence-corrected chi connectivity index (χ3v) is 3.74. The molecule has 0 saturated heterocycles. The maximum absolute atomic E-state index is 12.1. The molecule has 0 bridgehead atoms. The number of hydrogen-bond donors (Lipinski definition) is 1. The summed E-state index contributed by atoms with van der Waals surface area (Å²) in [5.74, 6) is -0.0563. The van der Waals surface area contributed by atoms with E-state index in [4.69, 9.17) is 11.6 Å². The molecule has 1 heterocycles. The normalized spacial score (nSPS) is 10.5. The predicted octanol–water partition coefficient (Wildman–Crippen LogP) is 2.83. The fraction of sp³-hybridized carbons (Fsp3) is 0.118. The number of tetrazole rings is 1. The minimum Gasteiger partial charge on any atom is -0.324 e. The highest BCUT2D eigenvalue weighted by Crippen LogP contribution is 2.23. The van der Waals surface area contributed by atoms with Gasteiger partial charge in [-0.3, -0.25) is 9.59 Å². The fourth-order valence-corrected chi connectivity index (χ4v) is 2.43. The molecule has 3 rings (SSSR count). The Morgan fingerprint density at radius 1 is 1.16 bits per heavy atom. The van der Waals surface area contributed by atoms with E-state index in [1.165, 1.54) is 11.7 Å². The van der Waals surface area contributed by atoms with Crippen LogP contribution >= 0.6 is 11.6 Å². The summed E-state index contributed by atoms with van der Waals surface area (Å²) in [6, 6.07) is 13.8. The standard InChI is InChI=1S/C17H14ClN5O2/c1-11(24)12-5-4-6-13(9-12)19-16(25)10-23-21-17(20-22-23)14-7-2-3-8-15(14)18/h2-9H,10H2,1H3,(H,19,25). The summed E-state index contributed by atoms with van der Waals surface area (Å²) in [6.07, 6.45) is 0. The Kier molecular flexibility index (Phi) is 4.85. The summed E-state index contributed by atoms with van der Waals surface area (Å²) < 4.78 is 0. The molecule has 0 aliphatic rings. The lowest BCUT2D eigenvalue weighted by molar-refractivity contribution is -0.117. The SMILES string of the molecule is CC(=O)c1cccc(NC(=O)Cn2nnc(-c3ccccc3Cl)n2)c1. The lowest BCUT2D eigenvalue weighted by Gasteiger charge is -2.05. The van der Waals surface area contributed by atoms with Crippen LogP contribution < -0.4 is 5.32 Å². The molecule has 126 valence electrons. The molecule has 1 amide bonds. The van der Waals surface area contributed by atoms with Crippen molar-refractivity contribution in [2.24, 2.45) is 0 Å². The number of halogens is 1. The molecule has 0 unspecified atom stereocenters. The third kappa shape index (κ3) is 4.07. The highest BCUT2D eigenvalue weighted by Gasteiger charge is 2.12. The van der Waals surface area contributed by atoms with Crippen LogP contribution in [0.3, 0.4) is 0 Å². The van der Waals surface area contributed by atoms with Gasteiger partial charge in [-0.05, 0) is 36.4 Å². The quantitative estimate of drug-likeness (QED) is 0.711. The molecule has 0 aliphatic heterocycles. The minimum atomic E-state index is -0.330. The lowest BCUT2D eigenvalue weighted by atomic mass is 10.1. The first-order valence-electron chi connectivity index (χ1n) is 7.46. The van der Waals surface area contributed by atoms with Crippen molar-refractivity contribution >= 4 is 29.0 Å². The molecular weight excluding hydrogens is 342 g/mol. The van der Waals surface area contributed by atoms with Crippen LogP contribution in [0.2, 0.25) is 5.02 Å². The average Bonchev–Trinajstić information content (AvgIpc) is 3.03. The Labute approximate surface area is 148 Å². The van der Waals surface area contributed by atoms with E-state index in [2.05, 4.69) is 20.7 Å². The van der Waals surface area contributed by atoms with Crippen molar-refractivity contribution in [2.45, 2.75) is 13.5 Å². The van der Waals surface area contributed by atoms with Gasteiger partial charge >= 0.3 is 0 Å². The summed E-state index contributed by atoms with van der Waals surface area (Å²) in [6.45, 7) is 1.36. The number of nitrogens with zero attached hydrogens (tertiary/aromatic N) is 4. The zero-order chi connectivity index (χ0) is 17.8. The molecule has 1 N–H and O–H groups in total. The first-order chi connectivity index (χ1) is 12.0. The Bertz CT molecular complexity index is 938. The largest absolute Gasteiger partial charge is 0.324 e. The van der Waals surface area contributed by atoms with Crippen molar-refractivity contribution < 1.29 is 9.59 Å². The van der Waals surface area contributed by atoms with E-state index in [0.29, 0.717) is 27.7 Å². The number of rotatable bonds is 5. The van der Waals surface area contributed by atoms with Crippen LogP contribution in [-0.2, 0) is 11.3 Å². The van der Waals surface area contributed by atoms with Crippen molar-refractivity contribution in [1.82, 2.24) is 20.2 Å². The number of carbonyl (C=O) groups is 2. The van der Waals surface area contributed by atoms with Crippen LogP contribution in [0, 0.1) is 0 Å². The topological polar surface area (TPSA) is 89.8 Å². The molecule has 2 aromatic carbocycles. The van der Waals surface area contributed by atoms with Gasteiger partial charge in [0.05, 0.1) is 5.02 Å². The molecule has 0 radical (unpaired) electrons. The third-order valence-electron chi connectivity index (χ3n) is 3.41.